The van der Waals surface area contributed by atoms with Crippen LogP contribution in [0.5, 0.6) is 0 Å². The van der Waals surface area contributed by atoms with E-state index < -0.39 is 0 Å². The number of hydrogen-bond acceptors (Lipinski definition) is 18. The van der Waals surface area contributed by atoms with Crippen LogP contribution in [0.15, 0.2) is 0 Å². The quantitative estimate of drug-likeness (QED) is 0.0442. The fourth-order valence-corrected chi connectivity index (χ4v) is 7.45. The molecule has 0 aromatic carbocycles. The van der Waals surface area contributed by atoms with Gasteiger partial charge in [-0.1, -0.05) is 104 Å². The molecule has 18 heteroatoms. The van der Waals surface area contributed by atoms with Gasteiger partial charge in [0.1, 0.15) is 0 Å². The van der Waals surface area contributed by atoms with Crippen molar-refractivity contribution in [1.29, 1.82) is 0 Å². The van der Waals surface area contributed by atoms with Crippen molar-refractivity contribution in [3.8, 4) is 0 Å². The Kier molecular flexibility index (Phi) is 101. The SMILES string of the molecule is CC(C)C.CC(C)N(C)C.CC(C)N(C)C(C)(C)C.CC(C)N(C)CCN.CC(C)N(CCN)CCN.CC(C)N1CCNCC1.CC(C)N1CCOCC1.CC(C)NC(C)(C)C.CC(C)NCCN.CCN(C)C(C)C.CCN(CC)C(C)C.CCNC(C)C.CNC(C)C. The number of morpholine rings is 1. The van der Waals surface area contributed by atoms with E-state index in [4.69, 9.17) is 27.7 Å². The van der Waals surface area contributed by atoms with Crippen LogP contribution in [0.25, 0.3) is 0 Å². The van der Waals surface area contributed by atoms with E-state index in [2.05, 4.69) is 357 Å². The zero-order valence-corrected chi connectivity index (χ0v) is 74.4. The van der Waals surface area contributed by atoms with E-state index in [1.165, 1.54) is 26.2 Å². The second-order valence-corrected chi connectivity index (χ2v) is 31.4. The van der Waals surface area contributed by atoms with Crippen molar-refractivity contribution in [2.45, 2.75) is 340 Å². The third-order valence-electron chi connectivity index (χ3n) is 15.0. The average molecular weight is 1390 g/mol. The van der Waals surface area contributed by atoms with Crippen LogP contribution in [-0.4, -0.2) is 296 Å². The van der Waals surface area contributed by atoms with Gasteiger partial charge >= 0.3 is 0 Å². The molecule has 2 fully saturated rings. The van der Waals surface area contributed by atoms with Crippen LogP contribution >= 0.6 is 0 Å². The minimum absolute atomic E-state index is 0.272. The number of nitrogens with zero attached hydrogens (tertiary/aromatic N) is 8. The molecule has 2 aliphatic rings. The second-order valence-electron chi connectivity index (χ2n) is 31.4. The van der Waals surface area contributed by atoms with Crippen molar-refractivity contribution in [3.63, 3.8) is 0 Å². The molecule has 598 valence electrons. The zero-order chi connectivity index (χ0) is 78.5. The number of nitrogens with one attached hydrogen (secondary N) is 5. The summed E-state index contributed by atoms with van der Waals surface area (Å²) in [5.74, 6) is 0.833. The lowest BCUT2D eigenvalue weighted by Gasteiger charge is -2.35. The molecular weight excluding hydrogens is 1190 g/mol. The van der Waals surface area contributed by atoms with Crippen LogP contribution in [0.2, 0.25) is 0 Å². The van der Waals surface area contributed by atoms with Crippen molar-refractivity contribution >= 4 is 0 Å². The predicted molar refractivity (Wildman–Crippen MR) is 445 cm³/mol. The predicted octanol–water partition coefficient (Wildman–Crippen LogP) is 12.1. The van der Waals surface area contributed by atoms with Crippen LogP contribution in [0.4, 0.5) is 0 Å². The minimum Gasteiger partial charge on any atom is -0.379 e. The molecule has 0 aliphatic carbocycles. The first-order chi connectivity index (χ1) is 43.9. The average Bonchev–Trinajstić information content (AvgIpc) is 1.47. The molecule has 0 unspecified atom stereocenters. The molecule has 96 heavy (non-hydrogen) atoms. The fraction of sp³-hybridized carbons (Fsp3) is 1.00. The third-order valence-corrected chi connectivity index (χ3v) is 15.0. The first-order valence-corrected chi connectivity index (χ1v) is 38.6. The number of ether oxygens (including phenoxy) is 1. The lowest BCUT2D eigenvalue weighted by molar-refractivity contribution is 0.0238. The Bertz CT molecular complexity index is 1320. The maximum atomic E-state index is 5.42. The smallest absolute Gasteiger partial charge is 0.0594 e. The molecule has 0 atom stereocenters. The fourth-order valence-electron chi connectivity index (χ4n) is 7.45. The molecule has 0 bridgehead atoms. The Morgan fingerprint density at radius 1 is 0.427 bits per heavy atom. The molecular formula is C78H195N17O. The Labute approximate surface area is 609 Å². The number of likely N-dealkylation sites (N-methyl/N-ethyl adjacent to an activating group) is 1. The van der Waals surface area contributed by atoms with Crippen LogP contribution in [0, 0.1) is 5.92 Å². The summed E-state index contributed by atoms with van der Waals surface area (Å²) in [5.41, 5.74) is 22.0. The van der Waals surface area contributed by atoms with E-state index in [9.17, 15) is 0 Å². The molecule has 0 aromatic heterocycles. The molecule has 0 saturated carbocycles. The molecule has 0 spiro atoms. The minimum atomic E-state index is 0.272. The number of nitrogens with two attached hydrogens (primary N) is 4. The first-order valence-electron chi connectivity index (χ1n) is 38.6. The van der Waals surface area contributed by atoms with Crippen molar-refractivity contribution < 1.29 is 4.74 Å². The molecule has 13 N–H and O–H groups in total. The van der Waals surface area contributed by atoms with Crippen molar-refractivity contribution in [3.05, 3.63) is 0 Å². The van der Waals surface area contributed by atoms with Crippen molar-refractivity contribution in [2.75, 3.05) is 173 Å². The first kappa shape index (κ1) is 119. The largest absolute Gasteiger partial charge is 0.379 e. The molecule has 2 rings (SSSR count). The van der Waals surface area contributed by atoms with E-state index in [0.29, 0.717) is 72.0 Å². The topological polar surface area (TPSA) is 199 Å². The van der Waals surface area contributed by atoms with Gasteiger partial charge in [-0.2, -0.15) is 0 Å². The summed E-state index contributed by atoms with van der Waals surface area (Å²) >= 11 is 0. The third kappa shape index (κ3) is 117. The molecule has 2 aliphatic heterocycles. The van der Waals surface area contributed by atoms with E-state index in [-0.39, 0.29) is 5.54 Å². The van der Waals surface area contributed by atoms with Gasteiger partial charge < -0.3 is 73.9 Å². The Morgan fingerprint density at radius 3 is 0.875 bits per heavy atom. The van der Waals surface area contributed by atoms with Gasteiger partial charge in [-0.25, -0.2) is 0 Å². The molecule has 0 amide bonds. The summed E-state index contributed by atoms with van der Waals surface area (Å²) < 4.78 is 5.21. The lowest BCUT2D eigenvalue weighted by Crippen LogP contribution is -2.46. The summed E-state index contributed by atoms with van der Waals surface area (Å²) in [6.45, 7) is 101. The highest BCUT2D eigenvalue weighted by Gasteiger charge is 2.19. The van der Waals surface area contributed by atoms with Gasteiger partial charge in [-0.3, -0.25) is 19.6 Å². The summed E-state index contributed by atoms with van der Waals surface area (Å²) in [5, 5.41) is 16.1. The lowest BCUT2D eigenvalue weighted by atomic mass is 10.1. The summed E-state index contributed by atoms with van der Waals surface area (Å²) in [4.78, 5) is 18.7. The zero-order valence-electron chi connectivity index (χ0n) is 74.4. The highest BCUT2D eigenvalue weighted by atomic mass is 16.5. The van der Waals surface area contributed by atoms with Gasteiger partial charge in [0.25, 0.3) is 0 Å². The van der Waals surface area contributed by atoms with Gasteiger partial charge in [0.15, 0.2) is 0 Å². The number of hydrogen-bond donors (Lipinski definition) is 9. The number of rotatable bonds is 24. The normalized spacial score (nSPS) is 13.4. The molecule has 0 aromatic rings. The summed E-state index contributed by atoms with van der Waals surface area (Å²) in [6, 6.07) is 7.79. The number of piperazine rings is 1. The molecule has 2 heterocycles. The van der Waals surface area contributed by atoms with Crippen molar-refractivity contribution in [1.82, 2.24) is 65.8 Å². The standard InChI is InChI=1S/C8H19N.C7H19N3.C7H16N2.C7H15NO.2C7H17N.C6H16N2.C6H15N.C5H14N2.2C5H13N.C4H11N.C4H10/c1-7(2)9(6)8(3,4)5;1-7(2)10(5-3-8)6-4-9;1-7(2)9-5-3-8-4-6-9;1-7(2)8-3-5-9-6-4-8;1-6(2)8-7(3,4)5;1-5-8(6-2)7(3)4;1-6(2)8(3)5-4-7;1-5-7(4)6(2)3;1-5(2)7-4-3-6;1-5(2)6(3)4;1-4-6-5(2)3;1-4(2)5-3;1-4(2)3/h7H,1-6H3;7H,3-6,8-9H2,1-2H3;7-8H,3-6H2,1-2H3;7H,3-6H2,1-2H3;6,8H,1-5H3;7H,5-6H2,1-4H3;6H,4-5,7H2,1-3H3;6H,5H2,1-4H3;5,7H,3-4,6H2,1-2H3;5H,1-4H3;5-6H,4H2,1-3H3;4-5H,1-3H3;4H,1-3H3. The van der Waals surface area contributed by atoms with Crippen LogP contribution in [0.3, 0.4) is 0 Å². The van der Waals surface area contributed by atoms with Crippen LogP contribution < -0.4 is 49.5 Å². The van der Waals surface area contributed by atoms with E-state index >= 15 is 0 Å². The second kappa shape index (κ2) is 81.6. The van der Waals surface area contributed by atoms with Gasteiger partial charge in [-0.05, 0) is 227 Å². The monoisotopic (exact) mass is 1390 g/mol. The van der Waals surface area contributed by atoms with E-state index in [1.54, 1.807) is 0 Å². The molecule has 2 saturated heterocycles. The Morgan fingerprint density at radius 2 is 0.771 bits per heavy atom. The van der Waals surface area contributed by atoms with Gasteiger partial charge in [0.2, 0.25) is 0 Å². The summed E-state index contributed by atoms with van der Waals surface area (Å²) in [6.07, 6.45) is 0. The van der Waals surface area contributed by atoms with Crippen molar-refractivity contribution in [2.24, 2.45) is 28.9 Å². The van der Waals surface area contributed by atoms with Gasteiger partial charge in [0.05, 0.1) is 13.2 Å². The highest BCUT2D eigenvalue weighted by molar-refractivity contribution is 4.75. The Hall–Kier alpha value is -0.720. The maximum Gasteiger partial charge on any atom is 0.0594 e. The van der Waals surface area contributed by atoms with Gasteiger partial charge in [0, 0.05) is 175 Å². The van der Waals surface area contributed by atoms with Crippen LogP contribution in [0.1, 0.15) is 256 Å². The van der Waals surface area contributed by atoms with Crippen LogP contribution in [-0.2, 0) is 4.74 Å². The van der Waals surface area contributed by atoms with E-state index in [1.807, 2.05) is 7.05 Å². The maximum absolute atomic E-state index is 5.42. The van der Waals surface area contributed by atoms with Gasteiger partial charge in [-0.15, -0.1) is 0 Å². The molecule has 0 radical (unpaired) electrons. The van der Waals surface area contributed by atoms with E-state index in [0.717, 1.165) is 117 Å². The molecule has 18 nitrogen and oxygen atoms in total. The Balaban J connectivity index is -0.0000000911. The summed E-state index contributed by atoms with van der Waals surface area (Å²) in [7, 11) is 12.5. The highest BCUT2D eigenvalue weighted by Crippen LogP contribution is 2.13.